The van der Waals surface area contributed by atoms with Crippen molar-refractivity contribution in [3.63, 3.8) is 0 Å². The Morgan fingerprint density at radius 2 is 1.94 bits per heavy atom. The molecule has 1 aliphatic rings. The molecule has 2 N–H and O–H groups in total. The lowest BCUT2D eigenvalue weighted by Gasteiger charge is -2.20. The molecule has 2 unspecified atom stereocenters. The van der Waals surface area contributed by atoms with Crippen LogP contribution in [0.2, 0.25) is 0 Å². The van der Waals surface area contributed by atoms with Crippen LogP contribution >= 0.6 is 0 Å². The molecule has 8 nitrogen and oxygen atoms in total. The Bertz CT molecular complexity index is 1060. The highest BCUT2D eigenvalue weighted by Gasteiger charge is 2.35. The number of hydrogen-bond acceptors (Lipinski definition) is 7. The zero-order valence-electron chi connectivity index (χ0n) is 17.4. The summed E-state index contributed by atoms with van der Waals surface area (Å²) < 4.78 is 5.37. The summed E-state index contributed by atoms with van der Waals surface area (Å²) in [5.74, 6) is 0.277. The Morgan fingerprint density at radius 3 is 2.61 bits per heavy atom. The molecule has 160 valence electrons. The number of amides is 1. The van der Waals surface area contributed by atoms with E-state index in [9.17, 15) is 9.90 Å². The summed E-state index contributed by atoms with van der Waals surface area (Å²) in [6.45, 7) is 1.83. The minimum absolute atomic E-state index is 0.201. The van der Waals surface area contributed by atoms with Gasteiger partial charge in [0.1, 0.15) is 12.1 Å². The van der Waals surface area contributed by atoms with Gasteiger partial charge in [0.05, 0.1) is 12.8 Å². The summed E-state index contributed by atoms with van der Waals surface area (Å²) in [5, 5.41) is 13.8. The number of aromatic nitrogens is 2. The van der Waals surface area contributed by atoms with E-state index < -0.39 is 12.1 Å². The van der Waals surface area contributed by atoms with E-state index in [0.29, 0.717) is 24.1 Å². The first-order valence-corrected chi connectivity index (χ1v) is 10.1. The summed E-state index contributed by atoms with van der Waals surface area (Å²) in [6, 6.07) is 16.9. The number of hydrogen-bond donors (Lipinski definition) is 2. The van der Waals surface area contributed by atoms with E-state index >= 15 is 0 Å². The molecule has 0 saturated heterocycles. The maximum absolute atomic E-state index is 13.3. The Hall–Kier alpha value is -3.49. The molecule has 2 atom stereocenters. The molecule has 1 aromatic heterocycles. The monoisotopic (exact) mass is 420 g/mol. The Balaban J connectivity index is 1.59. The summed E-state index contributed by atoms with van der Waals surface area (Å²) in [4.78, 5) is 24.2. The van der Waals surface area contributed by atoms with Crippen molar-refractivity contribution in [3.8, 4) is 11.1 Å². The second-order valence-electron chi connectivity index (χ2n) is 7.25. The molecule has 0 radical (unpaired) electrons. The second kappa shape index (κ2) is 9.11. The number of carbonyl (C=O) groups excluding carboxylic acids is 1. The number of hydroxylamine groups is 1. The summed E-state index contributed by atoms with van der Waals surface area (Å²) in [7, 11) is 1.51. The molecule has 0 aliphatic carbocycles. The molecule has 2 heterocycles. The second-order valence-corrected chi connectivity index (χ2v) is 7.25. The van der Waals surface area contributed by atoms with Gasteiger partial charge in [0, 0.05) is 18.2 Å². The van der Waals surface area contributed by atoms with Crippen LogP contribution in [-0.2, 0) is 4.84 Å². The van der Waals surface area contributed by atoms with Crippen LogP contribution in [0.25, 0.3) is 11.1 Å². The molecule has 0 spiro atoms. The Labute approximate surface area is 180 Å². The van der Waals surface area contributed by atoms with E-state index in [0.717, 1.165) is 11.1 Å². The van der Waals surface area contributed by atoms with Gasteiger partial charge in [-0.15, -0.1) is 0 Å². The van der Waals surface area contributed by atoms with Crippen LogP contribution in [0.3, 0.4) is 0 Å². The number of nitrogens with zero attached hydrogens (tertiary/aromatic N) is 3. The van der Waals surface area contributed by atoms with Gasteiger partial charge in [0.25, 0.3) is 5.91 Å². The van der Waals surface area contributed by atoms with E-state index in [1.807, 2.05) is 49.4 Å². The largest absolute Gasteiger partial charge is 0.385 e. The highest BCUT2D eigenvalue weighted by atomic mass is 16.6. The topological polar surface area (TPSA) is 101 Å². The number of rotatable bonds is 7. The van der Waals surface area contributed by atoms with Crippen molar-refractivity contribution in [1.29, 1.82) is 0 Å². The van der Waals surface area contributed by atoms with Crippen molar-refractivity contribution in [2.75, 3.05) is 7.11 Å². The predicted molar refractivity (Wildman–Crippen MR) is 113 cm³/mol. The molecule has 1 amide bonds. The highest BCUT2D eigenvalue weighted by molar-refractivity contribution is 5.96. The van der Waals surface area contributed by atoms with Crippen molar-refractivity contribution in [3.05, 3.63) is 83.8 Å². The third kappa shape index (κ3) is 4.35. The molecular weight excluding hydrogens is 396 g/mol. The van der Waals surface area contributed by atoms with Gasteiger partial charge in [0.15, 0.2) is 5.82 Å². The Morgan fingerprint density at radius 1 is 1.23 bits per heavy atom. The van der Waals surface area contributed by atoms with E-state index in [4.69, 9.17) is 9.36 Å². The van der Waals surface area contributed by atoms with Gasteiger partial charge in [0.2, 0.25) is 5.89 Å². The van der Waals surface area contributed by atoms with Crippen LogP contribution in [0.5, 0.6) is 0 Å². The number of aliphatic hydroxyl groups is 1. The summed E-state index contributed by atoms with van der Waals surface area (Å²) in [5.41, 5.74) is 6.13. The zero-order chi connectivity index (χ0) is 21.8. The van der Waals surface area contributed by atoms with Crippen molar-refractivity contribution >= 4 is 5.91 Å². The molecule has 0 fully saturated rings. The number of carbonyl (C=O) groups is 1. The lowest BCUT2D eigenvalue weighted by molar-refractivity contribution is 0.0760. The molecule has 0 saturated carbocycles. The van der Waals surface area contributed by atoms with Crippen molar-refractivity contribution in [1.82, 2.24) is 20.5 Å². The molecule has 2 aromatic carbocycles. The lowest BCUT2D eigenvalue weighted by Crippen LogP contribution is -2.27. The minimum Gasteiger partial charge on any atom is -0.385 e. The summed E-state index contributed by atoms with van der Waals surface area (Å²) in [6.07, 6.45) is 1.76. The highest BCUT2D eigenvalue weighted by Crippen LogP contribution is 2.34. The van der Waals surface area contributed by atoms with Crippen LogP contribution < -0.4 is 5.48 Å². The lowest BCUT2D eigenvalue weighted by atomic mass is 10.0. The third-order valence-corrected chi connectivity index (χ3v) is 5.18. The minimum atomic E-state index is -0.807. The van der Waals surface area contributed by atoms with Crippen molar-refractivity contribution in [2.24, 2.45) is 0 Å². The number of benzene rings is 2. The standard InChI is InChI=1S/C23H24N4O4/c1-3-20(28)21-24-22(31-26-21)19-13-18(25-30-2)14-27(19)23(29)17-11-9-16(10-12-17)15-7-5-4-6-8-15/h4-12,14,19-20,25,28H,3,13H2,1-2H3. The fourth-order valence-corrected chi connectivity index (χ4v) is 3.51. The maximum Gasteiger partial charge on any atom is 0.258 e. The van der Waals surface area contributed by atoms with Crippen LogP contribution in [0.15, 0.2) is 71.0 Å². The molecule has 4 rings (SSSR count). The quantitative estimate of drug-likeness (QED) is 0.561. The third-order valence-electron chi connectivity index (χ3n) is 5.18. The fraction of sp³-hybridized carbons (Fsp3) is 0.261. The van der Waals surface area contributed by atoms with Crippen LogP contribution in [-0.4, -0.2) is 33.2 Å². The van der Waals surface area contributed by atoms with Crippen molar-refractivity contribution in [2.45, 2.75) is 31.9 Å². The van der Waals surface area contributed by atoms with E-state index in [2.05, 4.69) is 15.6 Å². The first kappa shape index (κ1) is 20.8. The van der Waals surface area contributed by atoms with E-state index in [1.165, 1.54) is 7.11 Å². The first-order valence-electron chi connectivity index (χ1n) is 10.1. The van der Waals surface area contributed by atoms with Crippen LogP contribution in [0.4, 0.5) is 0 Å². The van der Waals surface area contributed by atoms with E-state index in [-0.39, 0.29) is 17.6 Å². The SMILES string of the molecule is CCC(O)c1noc(C2CC(NOC)=CN2C(=O)c2ccc(-c3ccccc3)cc2)n1. The Kier molecular flexibility index (Phi) is 6.11. The zero-order valence-corrected chi connectivity index (χ0v) is 17.4. The molecule has 31 heavy (non-hydrogen) atoms. The van der Waals surface area contributed by atoms with Crippen molar-refractivity contribution < 1.29 is 19.3 Å². The maximum atomic E-state index is 13.3. The van der Waals surface area contributed by atoms with Crippen LogP contribution in [0, 0.1) is 0 Å². The van der Waals surface area contributed by atoms with Gasteiger partial charge < -0.3 is 14.5 Å². The van der Waals surface area contributed by atoms with Gasteiger partial charge in [-0.3, -0.25) is 15.1 Å². The fourth-order valence-electron chi connectivity index (χ4n) is 3.51. The molecular formula is C23H24N4O4. The average Bonchev–Trinajstić information content (AvgIpc) is 3.46. The number of nitrogens with one attached hydrogen (secondary N) is 1. The van der Waals surface area contributed by atoms with E-state index in [1.54, 1.807) is 23.2 Å². The van der Waals surface area contributed by atoms with Gasteiger partial charge in [-0.05, 0) is 29.7 Å². The van der Waals surface area contributed by atoms with Crippen LogP contribution in [0.1, 0.15) is 54.0 Å². The smallest absolute Gasteiger partial charge is 0.258 e. The number of aliphatic hydroxyl groups excluding tert-OH is 1. The molecule has 0 bridgehead atoms. The summed E-state index contributed by atoms with van der Waals surface area (Å²) >= 11 is 0. The average molecular weight is 420 g/mol. The van der Waals surface area contributed by atoms with Gasteiger partial charge in [-0.2, -0.15) is 4.98 Å². The first-order chi connectivity index (χ1) is 15.1. The normalized spacial score (nSPS) is 16.8. The molecule has 1 aliphatic heterocycles. The van der Waals surface area contributed by atoms with Gasteiger partial charge >= 0.3 is 0 Å². The predicted octanol–water partition coefficient (Wildman–Crippen LogP) is 3.76. The molecule has 8 heteroatoms. The van der Waals surface area contributed by atoms with Gasteiger partial charge in [-0.25, -0.2) is 0 Å². The molecule has 3 aromatic rings. The van der Waals surface area contributed by atoms with Gasteiger partial charge in [-0.1, -0.05) is 54.5 Å².